The average Bonchev–Trinajstić information content (AvgIpc) is 3.18. The van der Waals surface area contributed by atoms with Crippen LogP contribution in [0.15, 0.2) is 53.6 Å². The Morgan fingerprint density at radius 1 is 1.12 bits per heavy atom. The molecule has 0 radical (unpaired) electrons. The fourth-order valence-electron chi connectivity index (χ4n) is 2.84. The number of hydrogen-bond acceptors (Lipinski definition) is 4. The van der Waals surface area contributed by atoms with Gasteiger partial charge in [-0.2, -0.15) is 4.31 Å². The Kier molecular flexibility index (Phi) is 5.15. The number of amides is 1. The van der Waals surface area contributed by atoms with Crippen LogP contribution in [0.5, 0.6) is 0 Å². The van der Waals surface area contributed by atoms with E-state index in [1.807, 2.05) is 25.1 Å². The van der Waals surface area contributed by atoms with Crippen LogP contribution < -0.4 is 5.32 Å². The van der Waals surface area contributed by atoms with Crippen LogP contribution in [0, 0.1) is 0 Å². The molecular weight excluding hydrogens is 338 g/mol. The number of aromatic nitrogens is 1. The topological polar surface area (TPSA) is 79.4 Å². The number of pyridine rings is 1. The Morgan fingerprint density at radius 3 is 2.40 bits per heavy atom. The number of sulfonamides is 1. The summed E-state index contributed by atoms with van der Waals surface area (Å²) in [5.41, 5.74) is 1.19. The lowest BCUT2D eigenvalue weighted by Crippen LogP contribution is -2.28. The molecular formula is C18H21N3O3S. The lowest BCUT2D eigenvalue weighted by Gasteiger charge is -2.16. The fraction of sp³-hybridized carbons (Fsp3) is 0.333. The minimum atomic E-state index is -3.46. The van der Waals surface area contributed by atoms with E-state index in [2.05, 4.69) is 10.3 Å². The Labute approximate surface area is 147 Å². The van der Waals surface area contributed by atoms with E-state index < -0.39 is 10.0 Å². The van der Waals surface area contributed by atoms with Crippen LogP contribution >= 0.6 is 0 Å². The number of carbonyl (C=O) groups excluding carboxylic acids is 1. The van der Waals surface area contributed by atoms with Crippen molar-refractivity contribution in [2.75, 3.05) is 13.1 Å². The maximum absolute atomic E-state index is 12.5. The maximum atomic E-state index is 12.5. The molecule has 1 N–H and O–H groups in total. The van der Waals surface area contributed by atoms with Gasteiger partial charge < -0.3 is 5.32 Å². The van der Waals surface area contributed by atoms with Gasteiger partial charge in [0.15, 0.2) is 0 Å². The van der Waals surface area contributed by atoms with Gasteiger partial charge in [-0.05, 0) is 56.2 Å². The number of rotatable bonds is 5. The number of benzene rings is 1. The van der Waals surface area contributed by atoms with Crippen molar-refractivity contribution in [3.63, 3.8) is 0 Å². The van der Waals surface area contributed by atoms with Gasteiger partial charge in [0, 0.05) is 24.8 Å². The average molecular weight is 359 g/mol. The van der Waals surface area contributed by atoms with E-state index >= 15 is 0 Å². The highest BCUT2D eigenvalue weighted by Gasteiger charge is 2.27. The van der Waals surface area contributed by atoms with Crippen molar-refractivity contribution in [1.29, 1.82) is 0 Å². The zero-order valence-corrected chi connectivity index (χ0v) is 14.9. The van der Waals surface area contributed by atoms with Gasteiger partial charge in [0.25, 0.3) is 5.91 Å². The molecule has 1 atom stereocenters. The molecule has 25 heavy (non-hydrogen) atoms. The summed E-state index contributed by atoms with van der Waals surface area (Å²) in [7, 11) is -3.46. The SMILES string of the molecule is CC(NC(=O)c1ccc(S(=O)(=O)N2CCCC2)cc1)c1ccccn1. The predicted molar refractivity (Wildman–Crippen MR) is 94.6 cm³/mol. The molecule has 2 aromatic rings. The van der Waals surface area contributed by atoms with Crippen molar-refractivity contribution in [2.24, 2.45) is 0 Å². The van der Waals surface area contributed by atoms with E-state index in [0.717, 1.165) is 18.5 Å². The highest BCUT2D eigenvalue weighted by atomic mass is 32.2. The van der Waals surface area contributed by atoms with Gasteiger partial charge in [-0.1, -0.05) is 6.07 Å². The number of hydrogen-bond donors (Lipinski definition) is 1. The number of nitrogens with zero attached hydrogens (tertiary/aromatic N) is 2. The molecule has 7 heteroatoms. The van der Waals surface area contributed by atoms with E-state index in [1.165, 1.54) is 16.4 Å². The molecule has 1 saturated heterocycles. The van der Waals surface area contributed by atoms with Crippen LogP contribution in [0.3, 0.4) is 0 Å². The molecule has 1 unspecified atom stereocenters. The highest BCUT2D eigenvalue weighted by molar-refractivity contribution is 7.89. The van der Waals surface area contributed by atoms with Crippen LogP contribution in [0.1, 0.15) is 41.9 Å². The first-order chi connectivity index (χ1) is 12.0. The highest BCUT2D eigenvalue weighted by Crippen LogP contribution is 2.21. The van der Waals surface area contributed by atoms with E-state index in [-0.39, 0.29) is 16.8 Å². The summed E-state index contributed by atoms with van der Waals surface area (Å²) in [4.78, 5) is 16.8. The molecule has 0 aliphatic carbocycles. The summed E-state index contributed by atoms with van der Waals surface area (Å²) in [5.74, 6) is -0.261. The van der Waals surface area contributed by atoms with Crippen LogP contribution in [0.4, 0.5) is 0 Å². The van der Waals surface area contributed by atoms with Crippen molar-refractivity contribution in [3.8, 4) is 0 Å². The summed E-state index contributed by atoms with van der Waals surface area (Å²) < 4.78 is 26.5. The van der Waals surface area contributed by atoms with Crippen molar-refractivity contribution in [2.45, 2.75) is 30.7 Å². The maximum Gasteiger partial charge on any atom is 0.251 e. The number of nitrogens with one attached hydrogen (secondary N) is 1. The third kappa shape index (κ3) is 3.88. The molecule has 3 rings (SSSR count). The zero-order valence-electron chi connectivity index (χ0n) is 14.1. The van der Waals surface area contributed by atoms with Crippen LogP contribution in [0.25, 0.3) is 0 Å². The van der Waals surface area contributed by atoms with Gasteiger partial charge in [0.2, 0.25) is 10.0 Å². The molecule has 0 bridgehead atoms. The monoisotopic (exact) mass is 359 g/mol. The zero-order chi connectivity index (χ0) is 17.9. The van der Waals surface area contributed by atoms with Gasteiger partial charge in [-0.3, -0.25) is 9.78 Å². The van der Waals surface area contributed by atoms with Crippen molar-refractivity contribution < 1.29 is 13.2 Å². The fourth-order valence-corrected chi connectivity index (χ4v) is 4.36. The summed E-state index contributed by atoms with van der Waals surface area (Å²) in [6, 6.07) is 11.4. The van der Waals surface area contributed by atoms with E-state index in [0.29, 0.717) is 18.7 Å². The van der Waals surface area contributed by atoms with Gasteiger partial charge in [0.05, 0.1) is 16.6 Å². The molecule has 2 heterocycles. The third-order valence-corrected chi connectivity index (χ3v) is 6.21. The van der Waals surface area contributed by atoms with Crippen molar-refractivity contribution in [1.82, 2.24) is 14.6 Å². The molecule has 1 amide bonds. The first kappa shape index (κ1) is 17.6. The molecule has 1 fully saturated rings. The Bertz CT molecular complexity index is 830. The Morgan fingerprint density at radius 2 is 1.80 bits per heavy atom. The second-order valence-electron chi connectivity index (χ2n) is 6.09. The quantitative estimate of drug-likeness (QED) is 0.889. The summed E-state index contributed by atoms with van der Waals surface area (Å²) in [6.07, 6.45) is 3.46. The standard InChI is InChI=1S/C18H21N3O3S/c1-14(17-6-2-3-11-19-17)20-18(22)15-7-9-16(10-8-15)25(23,24)21-12-4-5-13-21/h2-3,6-11,14H,4-5,12-13H2,1H3,(H,20,22). The Hall–Kier alpha value is -2.25. The summed E-state index contributed by atoms with van der Waals surface area (Å²) in [6.45, 7) is 2.98. The van der Waals surface area contributed by atoms with Crippen molar-refractivity contribution >= 4 is 15.9 Å². The minimum Gasteiger partial charge on any atom is -0.344 e. The lowest BCUT2D eigenvalue weighted by atomic mass is 10.1. The van der Waals surface area contributed by atoms with Gasteiger partial charge in [0.1, 0.15) is 0 Å². The summed E-state index contributed by atoms with van der Waals surface area (Å²) in [5, 5.41) is 2.86. The lowest BCUT2D eigenvalue weighted by molar-refractivity contribution is 0.0939. The Balaban J connectivity index is 1.70. The molecule has 1 aromatic carbocycles. The van der Waals surface area contributed by atoms with Gasteiger partial charge in [-0.25, -0.2) is 8.42 Å². The van der Waals surface area contributed by atoms with E-state index in [4.69, 9.17) is 0 Å². The molecule has 1 aliphatic rings. The van der Waals surface area contributed by atoms with Gasteiger partial charge >= 0.3 is 0 Å². The van der Waals surface area contributed by atoms with Crippen LogP contribution in [0.2, 0.25) is 0 Å². The van der Waals surface area contributed by atoms with E-state index in [9.17, 15) is 13.2 Å². The first-order valence-electron chi connectivity index (χ1n) is 8.30. The molecule has 0 saturated carbocycles. The first-order valence-corrected chi connectivity index (χ1v) is 9.74. The second-order valence-corrected chi connectivity index (χ2v) is 8.02. The van der Waals surface area contributed by atoms with E-state index in [1.54, 1.807) is 18.3 Å². The van der Waals surface area contributed by atoms with Crippen LogP contribution in [-0.2, 0) is 10.0 Å². The number of carbonyl (C=O) groups is 1. The predicted octanol–water partition coefficient (Wildman–Crippen LogP) is 2.36. The van der Waals surface area contributed by atoms with Crippen LogP contribution in [-0.4, -0.2) is 36.7 Å². The molecule has 132 valence electrons. The normalized spacial score (nSPS) is 16.5. The molecule has 1 aromatic heterocycles. The molecule has 0 spiro atoms. The van der Waals surface area contributed by atoms with Gasteiger partial charge in [-0.15, -0.1) is 0 Å². The smallest absolute Gasteiger partial charge is 0.251 e. The second kappa shape index (κ2) is 7.33. The largest absolute Gasteiger partial charge is 0.344 e. The molecule has 6 nitrogen and oxygen atoms in total. The third-order valence-electron chi connectivity index (χ3n) is 4.30. The molecule has 1 aliphatic heterocycles. The minimum absolute atomic E-state index is 0.226. The summed E-state index contributed by atoms with van der Waals surface area (Å²) >= 11 is 0. The van der Waals surface area contributed by atoms with Crippen molar-refractivity contribution in [3.05, 3.63) is 59.9 Å².